The number of carboxylic acid groups (broad SMARTS) is 1. The van der Waals surface area contributed by atoms with Gasteiger partial charge in [-0.3, -0.25) is 4.79 Å². The van der Waals surface area contributed by atoms with Gasteiger partial charge in [-0.05, 0) is 13.0 Å². The average Bonchev–Trinajstić information content (AvgIpc) is 2.18. The third-order valence-corrected chi connectivity index (χ3v) is 1.53. The standard InChI is InChI=1S/C5H3ClN2O2.C4H8O2/c6-4-3(5(9)10)1-2-7-8-4;1-3-6-4(2)5/h1-2H,(H,9,10);3H2,1-2H3. The van der Waals surface area contributed by atoms with Gasteiger partial charge in [0.05, 0.1) is 12.8 Å². The summed E-state index contributed by atoms with van der Waals surface area (Å²) < 4.78 is 4.40. The second kappa shape index (κ2) is 7.58. The highest BCUT2D eigenvalue weighted by molar-refractivity contribution is 6.32. The van der Waals surface area contributed by atoms with Crippen LogP contribution in [-0.2, 0) is 9.53 Å². The van der Waals surface area contributed by atoms with Crippen LogP contribution in [-0.4, -0.2) is 33.8 Å². The van der Waals surface area contributed by atoms with E-state index < -0.39 is 5.97 Å². The molecule has 0 aliphatic heterocycles. The molecule has 0 aliphatic carbocycles. The molecule has 0 bridgehead atoms. The van der Waals surface area contributed by atoms with Crippen LogP contribution in [0.15, 0.2) is 12.3 Å². The van der Waals surface area contributed by atoms with Gasteiger partial charge in [0, 0.05) is 6.92 Å². The third-order valence-electron chi connectivity index (χ3n) is 1.25. The number of hydrogen-bond acceptors (Lipinski definition) is 5. The van der Waals surface area contributed by atoms with E-state index in [1.165, 1.54) is 19.2 Å². The van der Waals surface area contributed by atoms with Gasteiger partial charge in [-0.25, -0.2) is 4.79 Å². The van der Waals surface area contributed by atoms with Crippen LogP contribution >= 0.6 is 11.6 Å². The van der Waals surface area contributed by atoms with Crippen molar-refractivity contribution in [2.75, 3.05) is 6.61 Å². The zero-order chi connectivity index (χ0) is 12.6. The number of carboxylic acids is 1. The molecule has 1 aromatic rings. The second-order valence-corrected chi connectivity index (χ2v) is 2.82. The van der Waals surface area contributed by atoms with Gasteiger partial charge in [-0.15, -0.1) is 5.10 Å². The maximum Gasteiger partial charge on any atom is 0.338 e. The zero-order valence-electron chi connectivity index (χ0n) is 8.81. The van der Waals surface area contributed by atoms with Crippen molar-refractivity contribution in [2.24, 2.45) is 0 Å². The van der Waals surface area contributed by atoms with Gasteiger partial charge in [0.25, 0.3) is 0 Å². The normalized spacial score (nSPS) is 8.69. The molecule has 0 aliphatic rings. The Morgan fingerprint density at radius 1 is 1.56 bits per heavy atom. The van der Waals surface area contributed by atoms with E-state index in [1.54, 1.807) is 6.92 Å². The average molecular weight is 247 g/mol. The number of esters is 1. The number of rotatable bonds is 2. The van der Waals surface area contributed by atoms with Crippen molar-refractivity contribution in [1.29, 1.82) is 0 Å². The van der Waals surface area contributed by atoms with Crippen molar-refractivity contribution in [3.05, 3.63) is 23.0 Å². The molecule has 1 N–H and O–H groups in total. The minimum Gasteiger partial charge on any atom is -0.478 e. The predicted octanol–water partition coefficient (Wildman–Crippen LogP) is 1.40. The molecule has 0 saturated carbocycles. The van der Waals surface area contributed by atoms with Gasteiger partial charge in [-0.2, -0.15) is 5.10 Å². The molecule has 1 rings (SSSR count). The molecular formula is C9H11ClN2O4. The van der Waals surface area contributed by atoms with Crippen molar-refractivity contribution < 1.29 is 19.4 Å². The van der Waals surface area contributed by atoms with Crippen LogP contribution in [0.4, 0.5) is 0 Å². The topological polar surface area (TPSA) is 89.4 Å². The van der Waals surface area contributed by atoms with E-state index in [2.05, 4.69) is 14.9 Å². The summed E-state index contributed by atoms with van der Waals surface area (Å²) >= 11 is 5.36. The molecule has 16 heavy (non-hydrogen) atoms. The van der Waals surface area contributed by atoms with Crippen LogP contribution in [0.5, 0.6) is 0 Å². The van der Waals surface area contributed by atoms with Crippen LogP contribution in [0, 0.1) is 0 Å². The summed E-state index contributed by atoms with van der Waals surface area (Å²) in [5.74, 6) is -1.31. The van der Waals surface area contributed by atoms with Gasteiger partial charge < -0.3 is 9.84 Å². The van der Waals surface area contributed by atoms with E-state index in [-0.39, 0.29) is 16.7 Å². The Balaban J connectivity index is 0.000000325. The lowest BCUT2D eigenvalue weighted by molar-refractivity contribution is -0.140. The molecule has 6 nitrogen and oxygen atoms in total. The minimum absolute atomic E-state index is 0.0309. The van der Waals surface area contributed by atoms with Crippen molar-refractivity contribution in [3.63, 3.8) is 0 Å². The number of halogens is 1. The molecule has 1 aromatic heterocycles. The Labute approximate surface area is 97.2 Å². The molecular weight excluding hydrogens is 236 g/mol. The van der Waals surface area contributed by atoms with E-state index in [0.29, 0.717) is 6.61 Å². The first-order valence-electron chi connectivity index (χ1n) is 4.32. The zero-order valence-corrected chi connectivity index (χ0v) is 9.56. The molecule has 0 amide bonds. The monoisotopic (exact) mass is 246 g/mol. The van der Waals surface area contributed by atoms with Crippen LogP contribution < -0.4 is 0 Å². The maximum atomic E-state index is 10.3. The highest BCUT2D eigenvalue weighted by Crippen LogP contribution is 2.08. The molecule has 1 heterocycles. The Kier molecular flexibility index (Phi) is 6.78. The lowest BCUT2D eigenvalue weighted by atomic mass is 10.3. The number of carbonyl (C=O) groups is 2. The summed E-state index contributed by atoms with van der Waals surface area (Å²) in [6, 6.07) is 1.29. The Morgan fingerprint density at radius 2 is 2.19 bits per heavy atom. The van der Waals surface area contributed by atoms with Gasteiger partial charge in [-0.1, -0.05) is 11.6 Å². The first kappa shape index (κ1) is 14.3. The summed E-state index contributed by atoms with van der Waals surface area (Å²) in [5.41, 5.74) is -0.0309. The van der Waals surface area contributed by atoms with Crippen molar-refractivity contribution in [1.82, 2.24) is 10.2 Å². The largest absolute Gasteiger partial charge is 0.478 e. The van der Waals surface area contributed by atoms with Gasteiger partial charge >= 0.3 is 11.9 Å². The van der Waals surface area contributed by atoms with Crippen molar-refractivity contribution in [2.45, 2.75) is 13.8 Å². The number of nitrogens with zero attached hydrogens (tertiary/aromatic N) is 2. The van der Waals surface area contributed by atoms with Crippen LogP contribution in [0.1, 0.15) is 24.2 Å². The fourth-order valence-corrected chi connectivity index (χ4v) is 0.865. The third kappa shape index (κ3) is 5.92. The lowest BCUT2D eigenvalue weighted by Gasteiger charge is -1.92. The number of carbonyl (C=O) groups excluding carboxylic acids is 1. The molecule has 88 valence electrons. The SMILES string of the molecule is CCOC(C)=O.O=C(O)c1ccnnc1Cl. The van der Waals surface area contributed by atoms with Gasteiger partial charge in [0.2, 0.25) is 0 Å². The van der Waals surface area contributed by atoms with E-state index >= 15 is 0 Å². The molecule has 0 unspecified atom stereocenters. The summed E-state index contributed by atoms with van der Waals surface area (Å²) in [7, 11) is 0. The van der Waals surface area contributed by atoms with E-state index in [1.807, 2.05) is 0 Å². The van der Waals surface area contributed by atoms with E-state index in [9.17, 15) is 9.59 Å². The number of ether oxygens (including phenoxy) is 1. The second-order valence-electron chi connectivity index (χ2n) is 2.47. The smallest absolute Gasteiger partial charge is 0.338 e. The molecule has 0 saturated heterocycles. The quantitative estimate of drug-likeness (QED) is 0.794. The first-order chi connectivity index (χ1) is 7.49. The number of hydrogen-bond donors (Lipinski definition) is 1. The van der Waals surface area contributed by atoms with Crippen LogP contribution in [0.2, 0.25) is 5.15 Å². The Hall–Kier alpha value is -1.69. The number of aromatic nitrogens is 2. The molecule has 0 fully saturated rings. The Morgan fingerprint density at radius 3 is 2.44 bits per heavy atom. The number of aromatic carboxylic acids is 1. The van der Waals surface area contributed by atoms with E-state index in [0.717, 1.165) is 0 Å². The lowest BCUT2D eigenvalue weighted by Crippen LogP contribution is -1.99. The highest BCUT2D eigenvalue weighted by Gasteiger charge is 2.07. The summed E-state index contributed by atoms with van der Waals surface area (Å²) in [4.78, 5) is 20.1. The van der Waals surface area contributed by atoms with Crippen LogP contribution in [0.3, 0.4) is 0 Å². The summed E-state index contributed by atoms with van der Waals surface area (Å²) in [6.45, 7) is 3.65. The fourth-order valence-electron chi connectivity index (χ4n) is 0.677. The molecule has 0 atom stereocenters. The first-order valence-corrected chi connectivity index (χ1v) is 4.70. The Bertz CT molecular complexity index is 370. The van der Waals surface area contributed by atoms with Crippen molar-refractivity contribution >= 4 is 23.5 Å². The summed E-state index contributed by atoms with van der Waals surface area (Å²) in [5, 5.41) is 15.0. The van der Waals surface area contributed by atoms with Crippen LogP contribution in [0.25, 0.3) is 0 Å². The molecule has 7 heteroatoms. The summed E-state index contributed by atoms with van der Waals surface area (Å²) in [6.07, 6.45) is 1.27. The van der Waals surface area contributed by atoms with E-state index in [4.69, 9.17) is 16.7 Å². The molecule has 0 radical (unpaired) electrons. The molecule has 0 aromatic carbocycles. The fraction of sp³-hybridized carbons (Fsp3) is 0.333. The minimum atomic E-state index is -1.10. The molecule has 0 spiro atoms. The maximum absolute atomic E-state index is 10.3. The van der Waals surface area contributed by atoms with Gasteiger partial charge in [0.15, 0.2) is 5.15 Å². The van der Waals surface area contributed by atoms with Gasteiger partial charge in [0.1, 0.15) is 5.56 Å². The predicted molar refractivity (Wildman–Crippen MR) is 56.3 cm³/mol. The highest BCUT2D eigenvalue weighted by atomic mass is 35.5. The van der Waals surface area contributed by atoms with Crippen molar-refractivity contribution in [3.8, 4) is 0 Å².